The van der Waals surface area contributed by atoms with Crippen molar-refractivity contribution in [3.05, 3.63) is 11.0 Å². The number of thiocyanates is 1. The van der Waals surface area contributed by atoms with Crippen molar-refractivity contribution >= 4 is 23.7 Å². The average Bonchev–Trinajstić information content (AvgIpc) is 2.15. The Bertz CT molecular complexity index is 279. The summed E-state index contributed by atoms with van der Waals surface area (Å²) in [5, 5.41) is 9.93. The zero-order valence-corrected chi connectivity index (χ0v) is 7.88. The number of thioether (sulfide) groups is 1. The minimum Gasteiger partial charge on any atom is -0.466 e. The van der Waals surface area contributed by atoms with Gasteiger partial charge in [-0.15, -0.1) is 0 Å². The minimum absolute atomic E-state index is 0.100. The highest BCUT2D eigenvalue weighted by atomic mass is 32.2. The summed E-state index contributed by atoms with van der Waals surface area (Å²) in [5.74, 6) is -1.44. The zero-order valence-electron chi connectivity index (χ0n) is 7.07. The predicted molar refractivity (Wildman–Crippen MR) is 45.3 cm³/mol. The van der Waals surface area contributed by atoms with E-state index in [9.17, 15) is 9.59 Å². The van der Waals surface area contributed by atoms with Crippen LogP contribution in [-0.2, 0) is 19.1 Å². The summed E-state index contributed by atoms with van der Waals surface area (Å²) in [6.45, 7) is 0. The monoisotopic (exact) mass is 201 g/mol. The van der Waals surface area contributed by atoms with E-state index in [2.05, 4.69) is 9.47 Å². The van der Waals surface area contributed by atoms with Gasteiger partial charge in [0.2, 0.25) is 0 Å². The van der Waals surface area contributed by atoms with Crippen LogP contribution in [-0.4, -0.2) is 26.2 Å². The molecule has 0 heterocycles. The van der Waals surface area contributed by atoms with E-state index < -0.39 is 11.9 Å². The van der Waals surface area contributed by atoms with Crippen LogP contribution < -0.4 is 0 Å². The van der Waals surface area contributed by atoms with E-state index in [1.54, 1.807) is 5.40 Å². The van der Waals surface area contributed by atoms with Crippen molar-refractivity contribution in [3.63, 3.8) is 0 Å². The second kappa shape index (κ2) is 6.08. The first kappa shape index (κ1) is 11.5. The number of rotatable bonds is 3. The fourth-order valence-corrected chi connectivity index (χ4v) is 0.866. The summed E-state index contributed by atoms with van der Waals surface area (Å²) < 4.78 is 8.60. The first-order valence-corrected chi connectivity index (χ1v) is 3.91. The molecule has 0 saturated heterocycles. The van der Waals surface area contributed by atoms with Crippen LogP contribution in [0.15, 0.2) is 11.0 Å². The molecular weight excluding hydrogens is 194 g/mol. The lowest BCUT2D eigenvalue weighted by Crippen LogP contribution is -2.05. The number of hydrogen-bond acceptors (Lipinski definition) is 6. The maximum atomic E-state index is 10.9. The summed E-state index contributed by atoms with van der Waals surface area (Å²) in [7, 11) is 2.33. The summed E-state index contributed by atoms with van der Waals surface area (Å²) >= 11 is 0.544. The largest absolute Gasteiger partial charge is 0.466 e. The van der Waals surface area contributed by atoms with Crippen LogP contribution in [0.4, 0.5) is 0 Å². The molecule has 0 aliphatic carbocycles. The van der Waals surface area contributed by atoms with Gasteiger partial charge in [0.05, 0.1) is 14.2 Å². The molecule has 6 heteroatoms. The summed E-state index contributed by atoms with van der Waals surface area (Å²) in [6, 6.07) is 0. The first-order chi connectivity index (χ1) is 6.15. The van der Waals surface area contributed by atoms with Crippen LogP contribution in [0, 0.1) is 10.7 Å². The molecule has 5 nitrogen and oxygen atoms in total. The topological polar surface area (TPSA) is 76.4 Å². The lowest BCUT2D eigenvalue weighted by molar-refractivity contribution is -0.137. The van der Waals surface area contributed by atoms with Crippen molar-refractivity contribution in [1.82, 2.24) is 0 Å². The lowest BCUT2D eigenvalue weighted by atomic mass is 10.5. The van der Waals surface area contributed by atoms with Gasteiger partial charge in [-0.05, 0) is 11.8 Å². The second-order valence-electron chi connectivity index (χ2n) is 1.72. The number of carbonyl (C=O) groups excluding carboxylic acids is 2. The fourth-order valence-electron chi connectivity index (χ4n) is 0.446. The number of nitriles is 1. The van der Waals surface area contributed by atoms with Gasteiger partial charge in [0, 0.05) is 6.08 Å². The molecule has 0 fully saturated rings. The van der Waals surface area contributed by atoms with Gasteiger partial charge in [0.25, 0.3) is 0 Å². The van der Waals surface area contributed by atoms with E-state index in [0.717, 1.165) is 13.2 Å². The molecule has 0 aromatic heterocycles. The molecule has 0 unspecified atom stereocenters. The van der Waals surface area contributed by atoms with Crippen LogP contribution >= 0.6 is 11.8 Å². The molecule has 0 aromatic carbocycles. The van der Waals surface area contributed by atoms with Crippen LogP contribution in [0.1, 0.15) is 0 Å². The van der Waals surface area contributed by atoms with Crippen LogP contribution in [0.5, 0.6) is 0 Å². The Kier molecular flexibility index (Phi) is 5.39. The van der Waals surface area contributed by atoms with Crippen LogP contribution in [0.3, 0.4) is 0 Å². The highest BCUT2D eigenvalue weighted by molar-refractivity contribution is 8.08. The SMILES string of the molecule is COC(=O)C=C(SC#N)C(=O)OC. The molecule has 13 heavy (non-hydrogen) atoms. The van der Waals surface area contributed by atoms with Crippen molar-refractivity contribution in [3.8, 4) is 5.40 Å². The molecule has 0 atom stereocenters. The predicted octanol–water partition coefficient (Wildman–Crippen LogP) is 0.431. The van der Waals surface area contributed by atoms with E-state index in [0.29, 0.717) is 11.8 Å². The minimum atomic E-state index is -0.739. The van der Waals surface area contributed by atoms with Gasteiger partial charge < -0.3 is 9.47 Å². The fraction of sp³-hybridized carbons (Fsp3) is 0.286. The van der Waals surface area contributed by atoms with Crippen LogP contribution in [0.25, 0.3) is 0 Å². The summed E-state index contributed by atoms with van der Waals surface area (Å²) in [5.41, 5.74) is 0. The molecule has 0 saturated carbocycles. The Morgan fingerprint density at radius 2 is 2.00 bits per heavy atom. The molecule has 70 valence electrons. The smallest absolute Gasteiger partial charge is 0.345 e. The van der Waals surface area contributed by atoms with E-state index in [1.165, 1.54) is 7.11 Å². The number of ether oxygens (including phenoxy) is 2. The third kappa shape index (κ3) is 4.18. The zero-order chi connectivity index (χ0) is 10.3. The van der Waals surface area contributed by atoms with Gasteiger partial charge in [-0.1, -0.05) is 0 Å². The number of nitrogens with zero attached hydrogens (tertiary/aromatic N) is 1. The Labute approximate surface area is 79.3 Å². The molecule has 0 radical (unpaired) electrons. The average molecular weight is 201 g/mol. The molecule has 0 N–H and O–H groups in total. The molecule has 0 rings (SSSR count). The lowest BCUT2D eigenvalue weighted by Gasteiger charge is -1.98. The van der Waals surface area contributed by atoms with Gasteiger partial charge in [0.15, 0.2) is 0 Å². The highest BCUT2D eigenvalue weighted by Crippen LogP contribution is 2.15. The summed E-state index contributed by atoms with van der Waals surface area (Å²) in [6.07, 6.45) is 0.902. The first-order valence-electron chi connectivity index (χ1n) is 3.09. The van der Waals surface area contributed by atoms with Crippen molar-refractivity contribution < 1.29 is 19.1 Å². The number of hydrogen-bond donors (Lipinski definition) is 0. The summed E-state index contributed by atoms with van der Waals surface area (Å²) in [4.78, 5) is 21.5. The van der Waals surface area contributed by atoms with E-state index in [4.69, 9.17) is 5.26 Å². The maximum absolute atomic E-state index is 10.9. The maximum Gasteiger partial charge on any atom is 0.345 e. The Morgan fingerprint density at radius 1 is 1.38 bits per heavy atom. The van der Waals surface area contributed by atoms with Crippen molar-refractivity contribution in [2.45, 2.75) is 0 Å². The Hall–Kier alpha value is -1.48. The molecule has 0 spiro atoms. The van der Waals surface area contributed by atoms with Crippen molar-refractivity contribution in [2.24, 2.45) is 0 Å². The van der Waals surface area contributed by atoms with Crippen molar-refractivity contribution in [1.29, 1.82) is 5.26 Å². The number of carbonyl (C=O) groups is 2. The molecule has 0 amide bonds. The molecule has 0 aliphatic heterocycles. The molecular formula is C7H7NO4S. The van der Waals surface area contributed by atoms with Crippen molar-refractivity contribution in [2.75, 3.05) is 14.2 Å². The quantitative estimate of drug-likeness (QED) is 0.374. The third-order valence-corrected chi connectivity index (χ3v) is 1.59. The second-order valence-corrected chi connectivity index (χ2v) is 2.54. The molecule has 0 bridgehead atoms. The van der Waals surface area contributed by atoms with Gasteiger partial charge in [-0.25, -0.2) is 9.59 Å². The molecule has 0 aliphatic rings. The van der Waals surface area contributed by atoms with E-state index >= 15 is 0 Å². The van der Waals surface area contributed by atoms with E-state index in [1.807, 2.05) is 0 Å². The Morgan fingerprint density at radius 3 is 2.38 bits per heavy atom. The van der Waals surface area contributed by atoms with Crippen LogP contribution in [0.2, 0.25) is 0 Å². The van der Waals surface area contributed by atoms with Gasteiger partial charge >= 0.3 is 11.9 Å². The van der Waals surface area contributed by atoms with Gasteiger partial charge in [0.1, 0.15) is 10.3 Å². The Balaban J connectivity index is 4.61. The number of esters is 2. The van der Waals surface area contributed by atoms with E-state index in [-0.39, 0.29) is 4.91 Å². The normalized spacial score (nSPS) is 10.1. The van der Waals surface area contributed by atoms with Gasteiger partial charge in [-0.3, -0.25) is 0 Å². The highest BCUT2D eigenvalue weighted by Gasteiger charge is 2.12. The number of methoxy groups -OCH3 is 2. The van der Waals surface area contributed by atoms with Gasteiger partial charge in [-0.2, -0.15) is 5.26 Å². The molecule has 0 aromatic rings. The standard InChI is InChI=1S/C7H7NO4S/c1-11-6(9)3-5(13-4-8)7(10)12-2/h3H,1-2H3. The third-order valence-electron chi connectivity index (χ3n) is 0.992.